The highest BCUT2D eigenvalue weighted by Gasteiger charge is 2.40. The molecule has 1 saturated heterocycles. The van der Waals surface area contributed by atoms with Gasteiger partial charge in [-0.1, -0.05) is 62.0 Å². The third-order valence-corrected chi connectivity index (χ3v) is 6.79. The van der Waals surface area contributed by atoms with Gasteiger partial charge in [0.2, 0.25) is 11.9 Å². The summed E-state index contributed by atoms with van der Waals surface area (Å²) in [6.07, 6.45) is 7.53. The highest BCUT2D eigenvalue weighted by atomic mass is 16.2. The fourth-order valence-electron chi connectivity index (χ4n) is 4.90. The predicted molar refractivity (Wildman–Crippen MR) is 143 cm³/mol. The van der Waals surface area contributed by atoms with Gasteiger partial charge in [-0.05, 0) is 29.5 Å². The molecule has 2 aromatic carbocycles. The number of anilines is 3. The van der Waals surface area contributed by atoms with Crippen LogP contribution in [0, 0.1) is 0 Å². The van der Waals surface area contributed by atoms with E-state index in [2.05, 4.69) is 68.8 Å². The maximum atomic E-state index is 12.6. The molecule has 1 amide bonds. The van der Waals surface area contributed by atoms with Crippen LogP contribution in [0.2, 0.25) is 0 Å². The van der Waals surface area contributed by atoms with Gasteiger partial charge >= 0.3 is 0 Å². The Balaban J connectivity index is 0.00000267. The zero-order valence-corrected chi connectivity index (χ0v) is 19.6. The van der Waals surface area contributed by atoms with Gasteiger partial charge < -0.3 is 15.1 Å². The number of fused-ring (bicyclic) bond motifs is 3. The summed E-state index contributed by atoms with van der Waals surface area (Å²) in [6, 6.07) is 18.9. The Morgan fingerprint density at radius 1 is 1.00 bits per heavy atom. The van der Waals surface area contributed by atoms with Crippen molar-refractivity contribution >= 4 is 23.4 Å². The molecule has 6 rings (SSSR count). The van der Waals surface area contributed by atoms with Crippen molar-refractivity contribution in [2.24, 2.45) is 0 Å². The van der Waals surface area contributed by atoms with Gasteiger partial charge in [-0.2, -0.15) is 10.1 Å². The zero-order chi connectivity index (χ0) is 23.8. The molecule has 2 aliphatic rings. The molecule has 4 heterocycles. The van der Waals surface area contributed by atoms with E-state index in [-0.39, 0.29) is 19.4 Å². The highest BCUT2D eigenvalue weighted by molar-refractivity contribution is 6.04. The lowest BCUT2D eigenvalue weighted by Gasteiger charge is -2.36. The Hall–Kier alpha value is -4.20. The SMILES string of the molecule is C.CN1C(=O)[C@@H]2CCCN2c2nc(NCc3cnn(Cc4ccc(-c5ccccc5)cc4)c3)ncc21. The van der Waals surface area contributed by atoms with Crippen molar-refractivity contribution in [1.82, 2.24) is 19.7 Å². The predicted octanol–water partition coefficient (Wildman–Crippen LogP) is 4.58. The monoisotopic (exact) mass is 481 g/mol. The van der Waals surface area contributed by atoms with E-state index in [1.54, 1.807) is 18.1 Å². The van der Waals surface area contributed by atoms with Gasteiger partial charge in [0.15, 0.2) is 5.82 Å². The molecule has 0 spiro atoms. The van der Waals surface area contributed by atoms with Crippen LogP contribution in [0.5, 0.6) is 0 Å². The summed E-state index contributed by atoms with van der Waals surface area (Å²) in [5, 5.41) is 7.83. The van der Waals surface area contributed by atoms with E-state index < -0.39 is 0 Å². The second-order valence-electron chi connectivity index (χ2n) is 9.11. The molecule has 36 heavy (non-hydrogen) atoms. The average molecular weight is 482 g/mol. The molecule has 0 aliphatic carbocycles. The number of benzene rings is 2. The van der Waals surface area contributed by atoms with E-state index in [9.17, 15) is 4.79 Å². The molecular weight excluding hydrogens is 450 g/mol. The van der Waals surface area contributed by atoms with Crippen molar-refractivity contribution in [2.45, 2.75) is 39.4 Å². The third-order valence-electron chi connectivity index (χ3n) is 6.79. The van der Waals surface area contributed by atoms with E-state index in [0.717, 1.165) is 36.5 Å². The van der Waals surface area contributed by atoms with Gasteiger partial charge in [-0.15, -0.1) is 0 Å². The van der Waals surface area contributed by atoms with Gasteiger partial charge in [0, 0.05) is 31.9 Å². The first-order chi connectivity index (χ1) is 17.2. The van der Waals surface area contributed by atoms with Crippen molar-refractivity contribution in [3.05, 3.63) is 84.3 Å². The van der Waals surface area contributed by atoms with Crippen molar-refractivity contribution in [2.75, 3.05) is 28.7 Å². The van der Waals surface area contributed by atoms with Crippen LogP contribution in [0.1, 0.15) is 31.4 Å². The first-order valence-corrected chi connectivity index (χ1v) is 12.0. The van der Waals surface area contributed by atoms with Gasteiger partial charge in [0.1, 0.15) is 11.7 Å². The van der Waals surface area contributed by atoms with Crippen LogP contribution >= 0.6 is 0 Å². The summed E-state index contributed by atoms with van der Waals surface area (Å²) in [5.41, 5.74) is 5.45. The molecule has 184 valence electrons. The van der Waals surface area contributed by atoms with Crippen LogP contribution < -0.4 is 15.1 Å². The minimum absolute atomic E-state index is 0. The van der Waals surface area contributed by atoms with Gasteiger partial charge in [0.05, 0.1) is 18.9 Å². The number of carbonyl (C=O) groups excluding carboxylic acids is 1. The molecule has 0 radical (unpaired) electrons. The molecule has 4 aromatic rings. The fourth-order valence-corrected chi connectivity index (χ4v) is 4.90. The molecule has 2 aromatic heterocycles. The number of rotatable bonds is 6. The van der Waals surface area contributed by atoms with E-state index in [0.29, 0.717) is 19.0 Å². The Labute approximate surface area is 211 Å². The lowest BCUT2D eigenvalue weighted by Crippen LogP contribution is -2.49. The molecule has 2 aliphatic heterocycles. The molecule has 8 nitrogen and oxygen atoms in total. The molecule has 1 atom stereocenters. The van der Waals surface area contributed by atoms with E-state index in [4.69, 9.17) is 4.98 Å². The molecule has 0 saturated carbocycles. The first-order valence-electron chi connectivity index (χ1n) is 12.0. The molecule has 1 N–H and O–H groups in total. The quantitative estimate of drug-likeness (QED) is 0.434. The van der Waals surface area contributed by atoms with E-state index in [1.165, 1.54) is 16.7 Å². The van der Waals surface area contributed by atoms with Gasteiger partial charge in [-0.3, -0.25) is 9.48 Å². The number of likely N-dealkylation sites (N-methyl/N-ethyl adjacent to an activating group) is 1. The lowest BCUT2D eigenvalue weighted by atomic mass is 10.0. The Morgan fingerprint density at radius 2 is 1.78 bits per heavy atom. The van der Waals surface area contributed by atoms with Crippen LogP contribution in [-0.4, -0.2) is 45.3 Å². The zero-order valence-electron chi connectivity index (χ0n) is 19.6. The largest absolute Gasteiger partial charge is 0.350 e. The standard InChI is InChI=1S/C27H27N7O.CH4/c1-32-24-16-29-27(31-25(24)34-13-5-8-23(34)26(32)35)28-14-20-15-30-33(18-20)17-19-9-11-22(12-10-19)21-6-3-2-4-7-21;/h2-4,6-7,9-12,15-16,18,23H,5,8,13-14,17H2,1H3,(H,28,29,31);1H4/t23-;/m0./s1. The minimum Gasteiger partial charge on any atom is -0.350 e. The topological polar surface area (TPSA) is 79.2 Å². The second kappa shape index (κ2) is 9.81. The van der Waals surface area contributed by atoms with Crippen LogP contribution in [0.25, 0.3) is 11.1 Å². The molecular formula is C28H31N7O. The number of carbonyl (C=O) groups is 1. The third kappa shape index (κ3) is 4.42. The first kappa shape index (κ1) is 23.5. The van der Waals surface area contributed by atoms with Crippen LogP contribution in [-0.2, 0) is 17.9 Å². The number of hydrogen-bond donors (Lipinski definition) is 1. The normalized spacial score (nSPS) is 16.4. The smallest absolute Gasteiger partial charge is 0.249 e. The Bertz CT molecular complexity index is 1350. The van der Waals surface area contributed by atoms with Crippen molar-refractivity contribution in [1.29, 1.82) is 0 Å². The number of hydrogen-bond acceptors (Lipinski definition) is 6. The molecule has 1 fully saturated rings. The summed E-state index contributed by atoms with van der Waals surface area (Å²) in [4.78, 5) is 25.6. The minimum atomic E-state index is -0.102. The highest BCUT2D eigenvalue weighted by Crippen LogP contribution is 2.37. The van der Waals surface area contributed by atoms with Gasteiger partial charge in [-0.25, -0.2) is 4.98 Å². The van der Waals surface area contributed by atoms with Crippen molar-refractivity contribution in [3.8, 4) is 11.1 Å². The van der Waals surface area contributed by atoms with Crippen LogP contribution in [0.15, 0.2) is 73.2 Å². The summed E-state index contributed by atoms with van der Waals surface area (Å²) >= 11 is 0. The summed E-state index contributed by atoms with van der Waals surface area (Å²) < 4.78 is 1.94. The number of nitrogens with zero attached hydrogens (tertiary/aromatic N) is 6. The number of amides is 1. The average Bonchev–Trinajstić information content (AvgIpc) is 3.57. The number of aromatic nitrogens is 4. The van der Waals surface area contributed by atoms with Crippen LogP contribution in [0.4, 0.5) is 17.5 Å². The van der Waals surface area contributed by atoms with Gasteiger partial charge in [0.25, 0.3) is 0 Å². The Morgan fingerprint density at radius 3 is 2.58 bits per heavy atom. The van der Waals surface area contributed by atoms with E-state index >= 15 is 0 Å². The Kier molecular flexibility index (Phi) is 6.41. The molecule has 0 bridgehead atoms. The maximum absolute atomic E-state index is 12.6. The summed E-state index contributed by atoms with van der Waals surface area (Å²) in [7, 11) is 1.80. The number of nitrogens with one attached hydrogen (secondary N) is 1. The van der Waals surface area contributed by atoms with Crippen molar-refractivity contribution < 1.29 is 4.79 Å². The fraction of sp³-hybridized carbons (Fsp3) is 0.286. The molecule has 8 heteroatoms. The maximum Gasteiger partial charge on any atom is 0.249 e. The van der Waals surface area contributed by atoms with Crippen LogP contribution in [0.3, 0.4) is 0 Å². The summed E-state index contributed by atoms with van der Waals surface area (Å²) in [6.45, 7) is 2.14. The molecule has 0 unspecified atom stereocenters. The summed E-state index contributed by atoms with van der Waals surface area (Å²) in [5.74, 6) is 1.52. The second-order valence-corrected chi connectivity index (χ2v) is 9.11. The lowest BCUT2D eigenvalue weighted by molar-refractivity contribution is -0.119. The van der Waals surface area contributed by atoms with Crippen molar-refractivity contribution in [3.63, 3.8) is 0 Å². The van der Waals surface area contributed by atoms with E-state index in [1.807, 2.05) is 23.1 Å².